The Bertz CT molecular complexity index is 974. The highest BCUT2D eigenvalue weighted by Gasteiger charge is 2.54. The minimum Gasteiger partial charge on any atom is -0.489 e. The van der Waals surface area contributed by atoms with Gasteiger partial charge in [-0.25, -0.2) is 0 Å². The third-order valence-corrected chi connectivity index (χ3v) is 7.17. The van der Waals surface area contributed by atoms with E-state index in [1.165, 1.54) is 11.1 Å². The molecule has 0 saturated heterocycles. The third-order valence-electron chi connectivity index (χ3n) is 7.17. The van der Waals surface area contributed by atoms with E-state index in [1.54, 1.807) is 6.92 Å². The molecular weight excluding hydrogens is 374 g/mol. The zero-order valence-electron chi connectivity index (χ0n) is 18.1. The second-order valence-electron chi connectivity index (χ2n) is 8.88. The molecule has 2 aliphatic rings. The molecule has 1 aromatic carbocycles. The van der Waals surface area contributed by atoms with Crippen LogP contribution in [0.2, 0.25) is 0 Å². The van der Waals surface area contributed by atoms with Crippen LogP contribution >= 0.6 is 0 Å². The number of aliphatic hydroxyl groups excluding tert-OH is 1. The second kappa shape index (κ2) is 8.06. The molecule has 158 valence electrons. The van der Waals surface area contributed by atoms with Gasteiger partial charge in [-0.15, -0.1) is 5.92 Å². The minimum atomic E-state index is -1.29. The molecule has 4 heteroatoms. The molecule has 1 aromatic heterocycles. The van der Waals surface area contributed by atoms with Crippen LogP contribution in [0.3, 0.4) is 0 Å². The predicted octanol–water partition coefficient (Wildman–Crippen LogP) is 4.09. The van der Waals surface area contributed by atoms with E-state index in [1.807, 2.05) is 31.3 Å². The quantitative estimate of drug-likeness (QED) is 0.752. The van der Waals surface area contributed by atoms with Gasteiger partial charge in [0.2, 0.25) is 0 Å². The summed E-state index contributed by atoms with van der Waals surface area (Å²) in [5.41, 5.74) is 3.24. The summed E-state index contributed by atoms with van der Waals surface area (Å²) in [5.74, 6) is 6.87. The fraction of sp³-hybridized carbons (Fsp3) is 0.500. The molecule has 4 atom stereocenters. The number of aryl methyl sites for hydroxylation is 2. The molecule has 0 bridgehead atoms. The highest BCUT2D eigenvalue weighted by atomic mass is 16.5. The van der Waals surface area contributed by atoms with Crippen LogP contribution in [0.4, 0.5) is 0 Å². The number of rotatable bonds is 4. The minimum absolute atomic E-state index is 0.117. The number of benzene rings is 1. The second-order valence-corrected chi connectivity index (χ2v) is 8.88. The lowest BCUT2D eigenvalue weighted by Crippen LogP contribution is -2.57. The molecule has 4 nitrogen and oxygen atoms in total. The number of pyridine rings is 1. The molecule has 2 aliphatic carbocycles. The number of hydrogen-bond donors (Lipinski definition) is 2. The number of aliphatic hydroxyl groups is 2. The predicted molar refractivity (Wildman–Crippen MR) is 117 cm³/mol. The summed E-state index contributed by atoms with van der Waals surface area (Å²) < 4.78 is 6.04. The monoisotopic (exact) mass is 405 g/mol. The molecule has 0 amide bonds. The zero-order chi connectivity index (χ0) is 21.4. The van der Waals surface area contributed by atoms with Crippen LogP contribution in [0.15, 0.2) is 36.5 Å². The summed E-state index contributed by atoms with van der Waals surface area (Å²) >= 11 is 0. The Morgan fingerprint density at radius 2 is 2.07 bits per heavy atom. The van der Waals surface area contributed by atoms with Crippen LogP contribution in [0.5, 0.6) is 5.75 Å². The first-order chi connectivity index (χ1) is 14.4. The summed E-state index contributed by atoms with van der Waals surface area (Å²) in [6.07, 6.45) is 4.98. The molecule has 3 unspecified atom stereocenters. The van der Waals surface area contributed by atoms with Crippen LogP contribution in [-0.2, 0) is 18.4 Å². The first-order valence-electron chi connectivity index (χ1n) is 10.9. The van der Waals surface area contributed by atoms with Crippen molar-refractivity contribution in [3.8, 4) is 17.6 Å². The maximum Gasteiger partial charge on any atom is 0.151 e. The van der Waals surface area contributed by atoms with Crippen molar-refractivity contribution in [3.05, 3.63) is 58.9 Å². The van der Waals surface area contributed by atoms with Gasteiger partial charge < -0.3 is 14.9 Å². The molecule has 4 rings (SSSR count). The number of nitrogens with zero attached hydrogens (tertiary/aromatic N) is 1. The fourth-order valence-corrected chi connectivity index (χ4v) is 5.50. The van der Waals surface area contributed by atoms with E-state index in [-0.39, 0.29) is 5.41 Å². The van der Waals surface area contributed by atoms with Crippen molar-refractivity contribution >= 4 is 0 Å². The van der Waals surface area contributed by atoms with Crippen molar-refractivity contribution in [2.24, 2.45) is 5.92 Å². The number of fused-ring (bicyclic) bond motifs is 3. The molecule has 2 N–H and O–H groups in total. The molecule has 30 heavy (non-hydrogen) atoms. The van der Waals surface area contributed by atoms with Gasteiger partial charge in [0.15, 0.2) is 5.60 Å². The lowest BCUT2D eigenvalue weighted by molar-refractivity contribution is -0.106. The van der Waals surface area contributed by atoms with Crippen LogP contribution < -0.4 is 4.74 Å². The Morgan fingerprint density at radius 1 is 1.23 bits per heavy atom. The SMILES string of the molecule is CC#CC1(O)C[C@H]2CCc3cc(OCc4ccc(C)nc4)ccc3C2(CC)CC1O. The maximum absolute atomic E-state index is 10.9. The fourth-order valence-electron chi connectivity index (χ4n) is 5.50. The highest BCUT2D eigenvalue weighted by molar-refractivity contribution is 5.44. The van der Waals surface area contributed by atoms with Gasteiger partial charge in [0.1, 0.15) is 12.4 Å². The van der Waals surface area contributed by atoms with E-state index in [2.05, 4.69) is 35.9 Å². The van der Waals surface area contributed by atoms with E-state index < -0.39 is 11.7 Å². The Kier molecular flexibility index (Phi) is 5.61. The van der Waals surface area contributed by atoms with Crippen molar-refractivity contribution in [1.29, 1.82) is 0 Å². The average Bonchev–Trinajstić information content (AvgIpc) is 2.74. The van der Waals surface area contributed by atoms with Crippen LogP contribution in [0.25, 0.3) is 0 Å². The van der Waals surface area contributed by atoms with Crippen LogP contribution in [0.1, 0.15) is 61.9 Å². The Balaban J connectivity index is 1.58. The van der Waals surface area contributed by atoms with E-state index >= 15 is 0 Å². The van der Waals surface area contributed by atoms with Gasteiger partial charge in [-0.1, -0.05) is 25.0 Å². The van der Waals surface area contributed by atoms with Gasteiger partial charge in [0.25, 0.3) is 0 Å². The molecule has 0 radical (unpaired) electrons. The maximum atomic E-state index is 10.9. The Morgan fingerprint density at radius 3 is 2.77 bits per heavy atom. The molecule has 1 heterocycles. The number of aromatic nitrogens is 1. The normalized spacial score (nSPS) is 29.9. The van der Waals surface area contributed by atoms with Crippen molar-refractivity contribution in [1.82, 2.24) is 4.98 Å². The van der Waals surface area contributed by atoms with Crippen molar-refractivity contribution < 1.29 is 14.9 Å². The standard InChI is InChI=1S/C26H31NO3/c1-4-12-26(29)14-21-9-8-20-13-22(30-17-19-7-6-18(3)27-16-19)10-11-23(20)25(21,5-2)15-24(26)28/h6-7,10-11,13,16,21,24,28-29H,5,8-9,14-15,17H2,1-3H3/t21-,24?,25?,26?/m1/s1. The Labute approximate surface area is 179 Å². The molecule has 1 fully saturated rings. The average molecular weight is 406 g/mol. The third kappa shape index (κ3) is 3.62. The van der Waals surface area contributed by atoms with Gasteiger partial charge in [-0.05, 0) is 81.2 Å². The van der Waals surface area contributed by atoms with Crippen LogP contribution in [0, 0.1) is 24.7 Å². The van der Waals surface area contributed by atoms with Gasteiger partial charge >= 0.3 is 0 Å². The summed E-state index contributed by atoms with van der Waals surface area (Å²) in [4.78, 5) is 4.33. The molecule has 2 aromatic rings. The van der Waals surface area contributed by atoms with Gasteiger partial charge in [-0.3, -0.25) is 4.98 Å². The van der Waals surface area contributed by atoms with Gasteiger partial charge in [-0.2, -0.15) is 0 Å². The first kappa shape index (κ1) is 20.9. The largest absolute Gasteiger partial charge is 0.489 e. The smallest absolute Gasteiger partial charge is 0.151 e. The van der Waals surface area contributed by atoms with E-state index in [0.29, 0.717) is 25.4 Å². The van der Waals surface area contributed by atoms with Crippen LogP contribution in [-0.4, -0.2) is 26.9 Å². The van der Waals surface area contributed by atoms with Crippen molar-refractivity contribution in [3.63, 3.8) is 0 Å². The van der Waals surface area contributed by atoms with Gasteiger partial charge in [0.05, 0.1) is 6.10 Å². The highest BCUT2D eigenvalue weighted by Crippen LogP contribution is 2.54. The summed E-state index contributed by atoms with van der Waals surface area (Å²) in [5, 5.41) is 21.7. The van der Waals surface area contributed by atoms with E-state index in [4.69, 9.17) is 4.74 Å². The molecule has 0 spiro atoms. The van der Waals surface area contributed by atoms with E-state index in [0.717, 1.165) is 36.3 Å². The Hall–Kier alpha value is -2.35. The molecular formula is C26H31NO3. The summed E-state index contributed by atoms with van der Waals surface area (Å²) in [6.45, 7) is 6.38. The van der Waals surface area contributed by atoms with Crippen molar-refractivity contribution in [2.75, 3.05) is 0 Å². The van der Waals surface area contributed by atoms with E-state index in [9.17, 15) is 10.2 Å². The number of hydrogen-bond acceptors (Lipinski definition) is 4. The van der Waals surface area contributed by atoms with Gasteiger partial charge in [0, 0.05) is 22.9 Å². The zero-order valence-corrected chi connectivity index (χ0v) is 18.1. The lowest BCUT2D eigenvalue weighted by atomic mass is 9.52. The lowest BCUT2D eigenvalue weighted by Gasteiger charge is -2.53. The topological polar surface area (TPSA) is 62.6 Å². The summed E-state index contributed by atoms with van der Waals surface area (Å²) in [7, 11) is 0. The number of ether oxygens (including phenoxy) is 1. The molecule has 0 aliphatic heterocycles. The van der Waals surface area contributed by atoms with Crippen molar-refractivity contribution in [2.45, 2.75) is 76.6 Å². The first-order valence-corrected chi connectivity index (χ1v) is 10.9. The summed E-state index contributed by atoms with van der Waals surface area (Å²) in [6, 6.07) is 10.4. The molecule has 1 saturated carbocycles.